The minimum atomic E-state index is -3.98. The number of sulfonamides is 1. The zero-order valence-electron chi connectivity index (χ0n) is 15.2. The standard InChI is InChI=1S/C17H24N2O5S2/c1-5-7-12-24-13-8-10-14(11-9-13)26(22,23)19-15(16(20)18-21)17(3,4)25-6-2/h8-11,15,19,21H,6,12H2,1-4H3,(H,18,20). The van der Waals surface area contributed by atoms with Crippen LogP contribution in [0.2, 0.25) is 0 Å². The molecule has 1 atom stereocenters. The lowest BCUT2D eigenvalue weighted by Gasteiger charge is -2.32. The van der Waals surface area contributed by atoms with Gasteiger partial charge in [-0.05, 0) is 50.8 Å². The average Bonchev–Trinajstić information content (AvgIpc) is 2.59. The van der Waals surface area contributed by atoms with E-state index in [2.05, 4.69) is 16.6 Å². The maximum Gasteiger partial charge on any atom is 0.262 e. The summed E-state index contributed by atoms with van der Waals surface area (Å²) in [7, 11) is -3.98. The molecule has 0 saturated carbocycles. The number of hydrogen-bond acceptors (Lipinski definition) is 6. The molecule has 0 fully saturated rings. The summed E-state index contributed by atoms with van der Waals surface area (Å²) in [4.78, 5) is 12.0. The third-order valence-electron chi connectivity index (χ3n) is 3.48. The molecule has 9 heteroatoms. The highest BCUT2D eigenvalue weighted by Crippen LogP contribution is 2.29. The van der Waals surface area contributed by atoms with Crippen molar-refractivity contribution in [3.63, 3.8) is 0 Å². The van der Waals surface area contributed by atoms with E-state index in [1.807, 2.05) is 6.92 Å². The van der Waals surface area contributed by atoms with Gasteiger partial charge >= 0.3 is 0 Å². The van der Waals surface area contributed by atoms with Gasteiger partial charge in [0.15, 0.2) is 0 Å². The molecule has 144 valence electrons. The molecule has 0 aliphatic heterocycles. The van der Waals surface area contributed by atoms with Crippen LogP contribution in [0.25, 0.3) is 0 Å². The normalized spacial score (nSPS) is 12.7. The zero-order chi connectivity index (χ0) is 19.8. The van der Waals surface area contributed by atoms with Crippen LogP contribution in [-0.2, 0) is 14.8 Å². The number of hydroxylamine groups is 1. The van der Waals surface area contributed by atoms with Crippen molar-refractivity contribution in [3.8, 4) is 17.6 Å². The summed E-state index contributed by atoms with van der Waals surface area (Å²) in [6.07, 6.45) is 0. The molecular formula is C17H24N2O5S2. The van der Waals surface area contributed by atoms with E-state index in [0.29, 0.717) is 11.5 Å². The lowest BCUT2D eigenvalue weighted by atomic mass is 10.0. The fraction of sp³-hybridized carbons (Fsp3) is 0.471. The molecule has 0 aliphatic carbocycles. The maximum atomic E-state index is 12.6. The van der Waals surface area contributed by atoms with Crippen molar-refractivity contribution in [2.75, 3.05) is 12.4 Å². The molecule has 1 aromatic rings. The first-order chi connectivity index (χ1) is 12.2. The Balaban J connectivity index is 3.03. The fourth-order valence-corrected chi connectivity index (χ4v) is 4.65. The van der Waals surface area contributed by atoms with Crippen LogP contribution >= 0.6 is 11.8 Å². The third-order valence-corrected chi connectivity index (χ3v) is 6.19. The van der Waals surface area contributed by atoms with Crippen molar-refractivity contribution in [1.29, 1.82) is 0 Å². The molecule has 1 rings (SSSR count). The van der Waals surface area contributed by atoms with E-state index < -0.39 is 26.7 Å². The van der Waals surface area contributed by atoms with Crippen LogP contribution in [0.5, 0.6) is 5.75 Å². The molecular weight excluding hydrogens is 376 g/mol. The summed E-state index contributed by atoms with van der Waals surface area (Å²) >= 11 is 1.40. The topological polar surface area (TPSA) is 105 Å². The van der Waals surface area contributed by atoms with Gasteiger partial charge in [0.1, 0.15) is 18.4 Å². The fourth-order valence-electron chi connectivity index (χ4n) is 2.16. The van der Waals surface area contributed by atoms with Crippen molar-refractivity contribution in [2.24, 2.45) is 0 Å². The second-order valence-corrected chi connectivity index (χ2v) is 9.39. The van der Waals surface area contributed by atoms with Gasteiger partial charge in [-0.1, -0.05) is 12.8 Å². The Morgan fingerprint density at radius 3 is 2.46 bits per heavy atom. The molecule has 0 aliphatic rings. The van der Waals surface area contributed by atoms with Gasteiger partial charge in [-0.25, -0.2) is 13.9 Å². The van der Waals surface area contributed by atoms with Gasteiger partial charge in [0.25, 0.3) is 5.91 Å². The number of ether oxygens (including phenoxy) is 1. The molecule has 0 aromatic heterocycles. The number of carbonyl (C=O) groups is 1. The summed E-state index contributed by atoms with van der Waals surface area (Å²) in [6, 6.07) is 4.63. The smallest absolute Gasteiger partial charge is 0.262 e. The highest BCUT2D eigenvalue weighted by atomic mass is 32.2. The molecule has 0 saturated heterocycles. The predicted molar refractivity (Wildman–Crippen MR) is 102 cm³/mol. The van der Waals surface area contributed by atoms with Crippen LogP contribution in [0.3, 0.4) is 0 Å². The van der Waals surface area contributed by atoms with E-state index in [9.17, 15) is 13.2 Å². The molecule has 0 radical (unpaired) electrons. The molecule has 1 aromatic carbocycles. The Morgan fingerprint density at radius 1 is 1.35 bits per heavy atom. The number of benzene rings is 1. The van der Waals surface area contributed by atoms with Crippen molar-refractivity contribution >= 4 is 27.7 Å². The highest BCUT2D eigenvalue weighted by Gasteiger charge is 2.38. The summed E-state index contributed by atoms with van der Waals surface area (Å²) in [6.45, 7) is 7.27. The predicted octanol–water partition coefficient (Wildman–Crippen LogP) is 1.77. The van der Waals surface area contributed by atoms with Gasteiger partial charge < -0.3 is 4.74 Å². The first-order valence-corrected chi connectivity index (χ1v) is 10.4. The average molecular weight is 401 g/mol. The van der Waals surface area contributed by atoms with E-state index in [0.717, 1.165) is 0 Å². The minimum absolute atomic E-state index is 0.0144. The van der Waals surface area contributed by atoms with E-state index in [1.54, 1.807) is 20.8 Å². The Labute approximate surface area is 158 Å². The van der Waals surface area contributed by atoms with Gasteiger partial charge in [0, 0.05) is 4.75 Å². The van der Waals surface area contributed by atoms with Crippen LogP contribution in [0.4, 0.5) is 0 Å². The number of rotatable bonds is 9. The Hall–Kier alpha value is -1.73. The van der Waals surface area contributed by atoms with E-state index in [-0.39, 0.29) is 11.5 Å². The van der Waals surface area contributed by atoms with Gasteiger partial charge in [0.2, 0.25) is 10.0 Å². The Kier molecular flexibility index (Phi) is 8.43. The quantitative estimate of drug-likeness (QED) is 0.332. The number of amides is 1. The number of hydrogen-bond donors (Lipinski definition) is 3. The summed E-state index contributed by atoms with van der Waals surface area (Å²) < 4.78 is 32.2. The van der Waals surface area contributed by atoms with Crippen molar-refractivity contribution in [2.45, 2.75) is 43.4 Å². The lowest BCUT2D eigenvalue weighted by Crippen LogP contribution is -2.55. The van der Waals surface area contributed by atoms with Gasteiger partial charge in [-0.15, -0.1) is 5.92 Å². The zero-order valence-corrected chi connectivity index (χ0v) is 16.8. The van der Waals surface area contributed by atoms with Crippen LogP contribution in [0.1, 0.15) is 27.7 Å². The van der Waals surface area contributed by atoms with Gasteiger partial charge in [0.05, 0.1) is 4.90 Å². The van der Waals surface area contributed by atoms with Crippen LogP contribution in [-0.4, -0.2) is 42.7 Å². The molecule has 0 bridgehead atoms. The molecule has 3 N–H and O–H groups in total. The van der Waals surface area contributed by atoms with Crippen LogP contribution < -0.4 is 14.9 Å². The maximum absolute atomic E-state index is 12.6. The lowest BCUT2D eigenvalue weighted by molar-refractivity contribution is -0.131. The largest absolute Gasteiger partial charge is 0.481 e. The second kappa shape index (κ2) is 9.83. The van der Waals surface area contributed by atoms with Crippen molar-refractivity contribution < 1.29 is 23.2 Å². The number of thioether (sulfide) groups is 1. The summed E-state index contributed by atoms with van der Waals surface area (Å²) in [5, 5.41) is 8.97. The first kappa shape index (κ1) is 22.3. The molecule has 1 amide bonds. The SMILES string of the molecule is CC#CCOc1ccc(S(=O)(=O)NC(C(=O)NO)C(C)(C)SCC)cc1. The van der Waals surface area contributed by atoms with E-state index >= 15 is 0 Å². The van der Waals surface area contributed by atoms with Gasteiger partial charge in [-0.2, -0.15) is 16.5 Å². The van der Waals surface area contributed by atoms with E-state index in [1.165, 1.54) is 41.5 Å². The van der Waals surface area contributed by atoms with Gasteiger partial charge in [-0.3, -0.25) is 10.0 Å². The number of nitrogens with one attached hydrogen (secondary N) is 2. The first-order valence-electron chi connectivity index (χ1n) is 7.90. The highest BCUT2D eigenvalue weighted by molar-refractivity contribution is 8.00. The number of carbonyl (C=O) groups excluding carboxylic acids is 1. The summed E-state index contributed by atoms with van der Waals surface area (Å²) in [5.41, 5.74) is 1.53. The Morgan fingerprint density at radius 2 is 1.96 bits per heavy atom. The molecule has 7 nitrogen and oxygen atoms in total. The molecule has 0 heterocycles. The summed E-state index contributed by atoms with van der Waals surface area (Å²) in [5.74, 6) is 5.78. The minimum Gasteiger partial charge on any atom is -0.481 e. The Bertz CT molecular complexity index is 765. The van der Waals surface area contributed by atoms with Crippen LogP contribution in [0, 0.1) is 11.8 Å². The third kappa shape index (κ3) is 6.21. The van der Waals surface area contributed by atoms with Crippen molar-refractivity contribution in [1.82, 2.24) is 10.2 Å². The van der Waals surface area contributed by atoms with E-state index in [4.69, 9.17) is 9.94 Å². The monoisotopic (exact) mass is 400 g/mol. The second-order valence-electron chi connectivity index (χ2n) is 5.75. The molecule has 26 heavy (non-hydrogen) atoms. The molecule has 0 spiro atoms. The van der Waals surface area contributed by atoms with Crippen molar-refractivity contribution in [3.05, 3.63) is 24.3 Å². The van der Waals surface area contributed by atoms with Crippen LogP contribution in [0.15, 0.2) is 29.2 Å². The molecule has 1 unspecified atom stereocenters.